The number of nitrogens with one attached hydrogen (secondary N) is 2. The number of benzene rings is 2. The summed E-state index contributed by atoms with van der Waals surface area (Å²) in [7, 11) is -2.31. The van der Waals surface area contributed by atoms with E-state index in [4.69, 9.17) is 20.9 Å². The molecule has 1 heterocycles. The van der Waals surface area contributed by atoms with Crippen molar-refractivity contribution in [1.82, 2.24) is 5.16 Å². The first-order valence-electron chi connectivity index (χ1n) is 7.54. The Labute approximate surface area is 156 Å². The van der Waals surface area contributed by atoms with Crippen molar-refractivity contribution < 1.29 is 17.7 Å². The van der Waals surface area contributed by atoms with E-state index in [0.717, 1.165) is 5.69 Å². The van der Waals surface area contributed by atoms with E-state index in [1.165, 1.54) is 25.3 Å². The third kappa shape index (κ3) is 4.09. The molecule has 26 heavy (non-hydrogen) atoms. The summed E-state index contributed by atoms with van der Waals surface area (Å²) < 4.78 is 37.5. The molecule has 3 aromatic rings. The predicted octanol–water partition coefficient (Wildman–Crippen LogP) is 4.19. The molecule has 0 radical (unpaired) electrons. The van der Waals surface area contributed by atoms with Crippen LogP contribution in [0.5, 0.6) is 5.75 Å². The summed E-state index contributed by atoms with van der Waals surface area (Å²) in [5.74, 6) is 1.67. The van der Waals surface area contributed by atoms with Gasteiger partial charge >= 0.3 is 0 Å². The number of halogens is 1. The fourth-order valence-electron chi connectivity index (χ4n) is 2.22. The first-order chi connectivity index (χ1) is 12.4. The van der Waals surface area contributed by atoms with Crippen molar-refractivity contribution in [3.63, 3.8) is 0 Å². The zero-order chi connectivity index (χ0) is 18.7. The Hall–Kier alpha value is -2.71. The Morgan fingerprint density at radius 3 is 2.35 bits per heavy atom. The molecule has 0 fully saturated rings. The van der Waals surface area contributed by atoms with Crippen molar-refractivity contribution in [2.45, 2.75) is 11.8 Å². The zero-order valence-corrected chi connectivity index (χ0v) is 15.6. The number of nitrogens with zero attached hydrogens (tertiary/aromatic N) is 1. The van der Waals surface area contributed by atoms with Gasteiger partial charge in [-0.2, -0.15) is 0 Å². The van der Waals surface area contributed by atoms with Crippen LogP contribution in [0.15, 0.2) is 57.9 Å². The molecule has 3 rings (SSSR count). The summed E-state index contributed by atoms with van der Waals surface area (Å²) in [5, 5.41) is 7.11. The van der Waals surface area contributed by atoms with E-state index in [0.29, 0.717) is 23.0 Å². The lowest BCUT2D eigenvalue weighted by molar-refractivity contribution is 0.400. The molecule has 0 spiro atoms. The quantitative estimate of drug-likeness (QED) is 0.652. The lowest BCUT2D eigenvalue weighted by Crippen LogP contribution is -2.13. The van der Waals surface area contributed by atoms with E-state index in [-0.39, 0.29) is 9.92 Å². The standard InChI is InChI=1S/C17H16ClN3O4S/c1-11-9-17(20-25-11)19-12-3-5-13(6-4-12)21-26(22,23)14-7-8-16(24-2)15(18)10-14/h3-10,21H,1-2H3,(H,19,20). The normalized spacial score (nSPS) is 11.2. The van der Waals surface area contributed by atoms with Gasteiger partial charge in [0, 0.05) is 17.4 Å². The summed E-state index contributed by atoms with van der Waals surface area (Å²) in [6.45, 7) is 1.79. The first-order valence-corrected chi connectivity index (χ1v) is 9.40. The van der Waals surface area contributed by atoms with E-state index in [2.05, 4.69) is 15.2 Å². The van der Waals surface area contributed by atoms with Crippen LogP contribution in [0.25, 0.3) is 0 Å². The molecule has 0 aliphatic heterocycles. The third-order valence-corrected chi connectivity index (χ3v) is 5.15. The van der Waals surface area contributed by atoms with Crippen molar-refractivity contribution in [3.8, 4) is 5.75 Å². The number of sulfonamides is 1. The largest absolute Gasteiger partial charge is 0.495 e. The van der Waals surface area contributed by atoms with Gasteiger partial charge in [-0.15, -0.1) is 0 Å². The van der Waals surface area contributed by atoms with Crippen molar-refractivity contribution >= 4 is 38.8 Å². The van der Waals surface area contributed by atoms with Crippen LogP contribution >= 0.6 is 11.6 Å². The van der Waals surface area contributed by atoms with Crippen molar-refractivity contribution in [2.75, 3.05) is 17.1 Å². The second kappa shape index (κ2) is 7.27. The monoisotopic (exact) mass is 393 g/mol. The maximum absolute atomic E-state index is 12.5. The molecular weight excluding hydrogens is 378 g/mol. The molecule has 1 aromatic heterocycles. The number of aryl methyl sites for hydroxylation is 1. The lowest BCUT2D eigenvalue weighted by Gasteiger charge is -2.10. The van der Waals surface area contributed by atoms with Crippen LogP contribution in [-0.2, 0) is 10.0 Å². The Balaban J connectivity index is 1.74. The number of hydrogen-bond acceptors (Lipinski definition) is 6. The second-order valence-corrected chi connectivity index (χ2v) is 7.52. The Kier molecular flexibility index (Phi) is 5.06. The average Bonchev–Trinajstić information content (AvgIpc) is 3.01. The first kappa shape index (κ1) is 18.1. The highest BCUT2D eigenvalue weighted by atomic mass is 35.5. The van der Waals surface area contributed by atoms with Gasteiger partial charge in [0.2, 0.25) is 0 Å². The third-order valence-electron chi connectivity index (χ3n) is 3.47. The summed E-state index contributed by atoms with van der Waals surface area (Å²) in [6, 6.07) is 12.7. The molecule has 0 aliphatic carbocycles. The van der Waals surface area contributed by atoms with E-state index >= 15 is 0 Å². The Morgan fingerprint density at radius 2 is 1.77 bits per heavy atom. The fraction of sp³-hybridized carbons (Fsp3) is 0.118. The van der Waals surface area contributed by atoms with E-state index < -0.39 is 10.0 Å². The molecule has 9 heteroatoms. The van der Waals surface area contributed by atoms with Gasteiger partial charge in [-0.1, -0.05) is 16.8 Å². The van der Waals surface area contributed by atoms with Gasteiger partial charge in [0.15, 0.2) is 5.82 Å². The van der Waals surface area contributed by atoms with Crippen molar-refractivity contribution in [1.29, 1.82) is 0 Å². The van der Waals surface area contributed by atoms with Gasteiger partial charge in [0.1, 0.15) is 11.5 Å². The molecular formula is C17H16ClN3O4S. The van der Waals surface area contributed by atoms with Crippen LogP contribution in [0, 0.1) is 6.92 Å². The van der Waals surface area contributed by atoms with Crippen LogP contribution < -0.4 is 14.8 Å². The van der Waals surface area contributed by atoms with E-state index in [9.17, 15) is 8.42 Å². The molecule has 2 N–H and O–H groups in total. The molecule has 7 nitrogen and oxygen atoms in total. The van der Waals surface area contributed by atoms with Crippen molar-refractivity contribution in [2.24, 2.45) is 0 Å². The summed E-state index contributed by atoms with van der Waals surface area (Å²) in [4.78, 5) is 0.0450. The highest BCUT2D eigenvalue weighted by Crippen LogP contribution is 2.28. The van der Waals surface area contributed by atoms with Gasteiger partial charge in [-0.3, -0.25) is 4.72 Å². The van der Waals surface area contributed by atoms with Crippen molar-refractivity contribution in [3.05, 3.63) is 59.3 Å². The van der Waals surface area contributed by atoms with E-state index in [1.807, 2.05) is 0 Å². The molecule has 0 saturated heterocycles. The van der Waals surface area contributed by atoms with Crippen LogP contribution in [0.3, 0.4) is 0 Å². The molecule has 0 bridgehead atoms. The number of aromatic nitrogens is 1. The average molecular weight is 394 g/mol. The second-order valence-electron chi connectivity index (χ2n) is 5.43. The molecule has 0 unspecified atom stereocenters. The minimum atomic E-state index is -3.77. The number of ether oxygens (including phenoxy) is 1. The highest BCUT2D eigenvalue weighted by molar-refractivity contribution is 7.92. The molecule has 0 aliphatic rings. The minimum Gasteiger partial charge on any atom is -0.495 e. The maximum Gasteiger partial charge on any atom is 0.261 e. The van der Waals surface area contributed by atoms with Gasteiger partial charge in [-0.05, 0) is 49.4 Å². The van der Waals surface area contributed by atoms with Crippen LogP contribution in [-0.4, -0.2) is 20.7 Å². The molecule has 2 aromatic carbocycles. The smallest absolute Gasteiger partial charge is 0.261 e. The SMILES string of the molecule is COc1ccc(S(=O)(=O)Nc2ccc(Nc3cc(C)on3)cc2)cc1Cl. The predicted molar refractivity (Wildman–Crippen MR) is 99.8 cm³/mol. The van der Waals surface area contributed by atoms with Gasteiger partial charge in [0.05, 0.1) is 17.0 Å². The maximum atomic E-state index is 12.5. The molecule has 136 valence electrons. The summed E-state index contributed by atoms with van der Waals surface area (Å²) >= 11 is 6.00. The van der Waals surface area contributed by atoms with Crippen LogP contribution in [0.1, 0.15) is 5.76 Å². The van der Waals surface area contributed by atoms with Crippen LogP contribution in [0.2, 0.25) is 5.02 Å². The minimum absolute atomic E-state index is 0.0450. The summed E-state index contributed by atoms with van der Waals surface area (Å²) in [6.07, 6.45) is 0. The Bertz CT molecular complexity index is 1020. The van der Waals surface area contributed by atoms with Gasteiger partial charge in [-0.25, -0.2) is 8.42 Å². The van der Waals surface area contributed by atoms with E-state index in [1.54, 1.807) is 37.3 Å². The highest BCUT2D eigenvalue weighted by Gasteiger charge is 2.16. The lowest BCUT2D eigenvalue weighted by atomic mass is 10.3. The fourth-order valence-corrected chi connectivity index (χ4v) is 3.63. The molecule has 0 amide bonds. The van der Waals surface area contributed by atoms with Crippen LogP contribution in [0.4, 0.5) is 17.2 Å². The zero-order valence-electron chi connectivity index (χ0n) is 14.0. The molecule has 0 saturated carbocycles. The summed E-state index contributed by atoms with van der Waals surface area (Å²) in [5.41, 5.74) is 1.16. The number of hydrogen-bond donors (Lipinski definition) is 2. The Morgan fingerprint density at radius 1 is 1.08 bits per heavy atom. The van der Waals surface area contributed by atoms with Gasteiger partial charge in [0.25, 0.3) is 10.0 Å². The molecule has 0 atom stereocenters. The van der Waals surface area contributed by atoms with Gasteiger partial charge < -0.3 is 14.6 Å². The topological polar surface area (TPSA) is 93.5 Å². The number of methoxy groups -OCH3 is 1. The number of rotatable bonds is 6. The number of anilines is 3.